The van der Waals surface area contributed by atoms with Crippen LogP contribution in [0, 0.1) is 11.8 Å². The highest BCUT2D eigenvalue weighted by molar-refractivity contribution is 9.10. The number of fused-ring (bicyclic) bond motifs is 3. The Morgan fingerprint density at radius 1 is 1.31 bits per heavy atom. The van der Waals surface area contributed by atoms with E-state index in [4.69, 9.17) is 13.9 Å². The zero-order valence-electron chi connectivity index (χ0n) is 27.8. The first-order valence-corrected chi connectivity index (χ1v) is 16.9. The summed E-state index contributed by atoms with van der Waals surface area (Å²) in [4.78, 5) is 62.2. The summed E-state index contributed by atoms with van der Waals surface area (Å²) < 4.78 is 17.6. The first-order valence-electron chi connectivity index (χ1n) is 16.1. The predicted octanol–water partition coefficient (Wildman–Crippen LogP) is 4.91. The number of hydrogen-bond acceptors (Lipinski definition) is 10. The summed E-state index contributed by atoms with van der Waals surface area (Å²) in [6, 6.07) is 2.36. The van der Waals surface area contributed by atoms with Crippen LogP contribution in [-0.4, -0.2) is 81.8 Å². The first-order chi connectivity index (χ1) is 23.4. The Morgan fingerprint density at radius 3 is 2.88 bits per heavy atom. The number of oxazole rings is 1. The van der Waals surface area contributed by atoms with Gasteiger partial charge in [-0.05, 0) is 60.3 Å². The van der Waals surface area contributed by atoms with Crippen LogP contribution in [0.3, 0.4) is 0 Å². The van der Waals surface area contributed by atoms with Gasteiger partial charge in [0.2, 0.25) is 5.91 Å². The molecule has 2 aromatic rings. The number of aromatic nitrogens is 2. The summed E-state index contributed by atoms with van der Waals surface area (Å²) in [6.45, 7) is 9.87. The van der Waals surface area contributed by atoms with Crippen LogP contribution in [0.4, 0.5) is 10.5 Å². The number of allylic oxidation sites excluding steroid dienone is 2. The fourth-order valence-corrected chi connectivity index (χ4v) is 5.96. The highest BCUT2D eigenvalue weighted by atomic mass is 79.9. The van der Waals surface area contributed by atoms with Crippen LogP contribution in [0.2, 0.25) is 0 Å². The van der Waals surface area contributed by atoms with Gasteiger partial charge in [-0.1, -0.05) is 55.9 Å². The number of pyridine rings is 1. The van der Waals surface area contributed by atoms with Gasteiger partial charge in [-0.15, -0.1) is 0 Å². The van der Waals surface area contributed by atoms with Crippen molar-refractivity contribution in [2.75, 3.05) is 25.0 Å². The average molecular weight is 741 g/mol. The van der Waals surface area contributed by atoms with Gasteiger partial charge in [-0.2, -0.15) is 0 Å². The van der Waals surface area contributed by atoms with Crippen LogP contribution in [0.15, 0.2) is 81.7 Å². The number of ether oxygens (including phenoxy) is 2. The van der Waals surface area contributed by atoms with Gasteiger partial charge in [0.15, 0.2) is 11.6 Å². The topological polar surface area (TPSA) is 173 Å². The minimum atomic E-state index is -0.871. The Bertz CT molecular complexity index is 1620. The molecule has 262 valence electrons. The highest BCUT2D eigenvalue weighted by Crippen LogP contribution is 2.26. The van der Waals surface area contributed by atoms with E-state index >= 15 is 0 Å². The van der Waals surface area contributed by atoms with E-state index in [1.807, 2.05) is 6.92 Å². The number of carbonyl (C=O) groups is 4. The van der Waals surface area contributed by atoms with Crippen molar-refractivity contribution < 1.29 is 38.2 Å². The summed E-state index contributed by atoms with van der Waals surface area (Å²) in [5, 5.41) is 15.9. The van der Waals surface area contributed by atoms with E-state index in [0.717, 1.165) is 5.57 Å². The van der Waals surface area contributed by atoms with Crippen LogP contribution in [-0.2, 0) is 25.5 Å². The highest BCUT2D eigenvalue weighted by Gasteiger charge is 2.39. The number of aliphatic hydroxyl groups is 1. The van der Waals surface area contributed by atoms with Gasteiger partial charge < -0.3 is 29.2 Å². The molecule has 49 heavy (non-hydrogen) atoms. The molecule has 2 bridgehead atoms. The molecule has 0 saturated carbocycles. The standard InChI is InChI=1S/C35H42BrN5O8/c1-21-7-5-12-38-30(43)10-9-23(3)32(24(4)19-48-35(46)39-25-11-13-37-29(36)18-25)49-34(45)28-8-6-14-41(28)33(44)27-20-47-31(40-27)17-22(2)16-26(42)15-21/h5,7,9-11,13,15,18,20,23-24,26,28,32,42H,2,6,8,12,14,16-17,19H2,1,3-4H3,(H,38,43)(H,37,39,46)/b7-5+,10-9+,21-15+/t23-,24+,26-,28-,32+/m1/s1. The second-order valence-electron chi connectivity index (χ2n) is 12.2. The molecule has 0 spiro atoms. The maximum Gasteiger partial charge on any atom is 0.411 e. The zero-order valence-corrected chi connectivity index (χ0v) is 29.4. The Kier molecular flexibility index (Phi) is 13.5. The lowest BCUT2D eigenvalue weighted by atomic mass is 9.93. The molecule has 2 aromatic heterocycles. The summed E-state index contributed by atoms with van der Waals surface area (Å²) in [5.41, 5.74) is 1.98. The number of amides is 3. The Hall–Kier alpha value is -4.56. The smallest absolute Gasteiger partial charge is 0.411 e. The SMILES string of the molecule is C=C1Cc2nc(co2)C(=O)N2CCC[C@@H]2C(=O)O[C@H]([C@@H](C)COC(=O)Nc2ccnc(Br)c2)[C@H](C)/C=C/C(=O)NC/C=C/C(C)=C/[C@@H](O)C1. The number of nitrogens with zero attached hydrogens (tertiary/aromatic N) is 3. The summed E-state index contributed by atoms with van der Waals surface area (Å²) in [6.07, 6.45) is 10.1. The van der Waals surface area contributed by atoms with E-state index < -0.39 is 48.1 Å². The van der Waals surface area contributed by atoms with Crippen molar-refractivity contribution in [1.82, 2.24) is 20.2 Å². The number of nitrogens with one attached hydrogen (secondary N) is 2. The third-order valence-electron chi connectivity index (χ3n) is 8.02. The second-order valence-corrected chi connectivity index (χ2v) is 13.0. The molecular weight excluding hydrogens is 698 g/mol. The molecule has 2 aliphatic rings. The number of aliphatic hydroxyl groups excluding tert-OH is 1. The predicted molar refractivity (Wildman–Crippen MR) is 184 cm³/mol. The number of esters is 1. The number of halogens is 1. The van der Waals surface area contributed by atoms with Gasteiger partial charge in [-0.25, -0.2) is 19.6 Å². The van der Waals surface area contributed by atoms with Crippen LogP contribution in [0.25, 0.3) is 0 Å². The molecule has 3 N–H and O–H groups in total. The Balaban J connectivity index is 1.54. The number of cyclic esters (lactones) is 1. The van der Waals surface area contributed by atoms with Crippen molar-refractivity contribution in [3.63, 3.8) is 0 Å². The van der Waals surface area contributed by atoms with Crippen LogP contribution in [0.5, 0.6) is 0 Å². The van der Waals surface area contributed by atoms with E-state index in [9.17, 15) is 24.3 Å². The second kappa shape index (κ2) is 17.7. The number of rotatable bonds is 4. The van der Waals surface area contributed by atoms with Gasteiger partial charge >= 0.3 is 12.1 Å². The minimum absolute atomic E-state index is 0.0511. The fourth-order valence-electron chi connectivity index (χ4n) is 5.59. The normalized spacial score (nSPS) is 26.0. The van der Waals surface area contributed by atoms with Gasteiger partial charge in [0.05, 0.1) is 12.7 Å². The fraction of sp³-hybridized carbons (Fsp3) is 0.429. The lowest BCUT2D eigenvalue weighted by Crippen LogP contribution is -2.44. The minimum Gasteiger partial charge on any atom is -0.460 e. The molecule has 13 nitrogen and oxygen atoms in total. The third-order valence-corrected chi connectivity index (χ3v) is 8.45. The van der Waals surface area contributed by atoms with Crippen LogP contribution < -0.4 is 10.6 Å². The summed E-state index contributed by atoms with van der Waals surface area (Å²) in [7, 11) is 0. The van der Waals surface area contributed by atoms with Gasteiger partial charge in [0, 0.05) is 43.2 Å². The quantitative estimate of drug-likeness (QED) is 0.222. The van der Waals surface area contributed by atoms with Crippen LogP contribution >= 0.6 is 15.9 Å². The Labute approximate surface area is 293 Å². The van der Waals surface area contributed by atoms with E-state index in [0.29, 0.717) is 35.3 Å². The van der Waals surface area contributed by atoms with Crippen molar-refractivity contribution >= 4 is 45.5 Å². The third kappa shape index (κ3) is 11.2. The van der Waals surface area contributed by atoms with Gasteiger partial charge in [-0.3, -0.25) is 14.9 Å². The maximum absolute atomic E-state index is 13.7. The summed E-state index contributed by atoms with van der Waals surface area (Å²) >= 11 is 3.25. The summed E-state index contributed by atoms with van der Waals surface area (Å²) in [5.74, 6) is -2.15. The van der Waals surface area contributed by atoms with Crippen molar-refractivity contribution in [1.29, 1.82) is 0 Å². The van der Waals surface area contributed by atoms with E-state index in [-0.39, 0.29) is 43.5 Å². The van der Waals surface area contributed by atoms with Crippen LogP contribution in [0.1, 0.15) is 56.4 Å². The molecule has 4 rings (SSSR count). The number of hydrogen-bond donors (Lipinski definition) is 3. The van der Waals surface area contributed by atoms with Crippen molar-refractivity contribution in [3.8, 4) is 0 Å². The molecule has 14 heteroatoms. The lowest BCUT2D eigenvalue weighted by Gasteiger charge is -2.30. The van der Waals surface area contributed by atoms with E-state index in [2.05, 4.69) is 43.1 Å². The largest absolute Gasteiger partial charge is 0.460 e. The number of anilines is 1. The Morgan fingerprint density at radius 2 is 2.10 bits per heavy atom. The molecule has 1 fully saturated rings. The number of carbonyl (C=O) groups excluding carboxylic acids is 4. The van der Waals surface area contributed by atoms with E-state index in [1.165, 1.54) is 23.4 Å². The van der Waals surface area contributed by atoms with Gasteiger partial charge in [0.1, 0.15) is 23.0 Å². The monoisotopic (exact) mass is 739 g/mol. The molecule has 0 aliphatic carbocycles. The molecule has 0 radical (unpaired) electrons. The van der Waals surface area contributed by atoms with Crippen molar-refractivity contribution in [2.24, 2.45) is 11.8 Å². The van der Waals surface area contributed by atoms with Crippen molar-refractivity contribution in [2.45, 2.75) is 64.7 Å². The van der Waals surface area contributed by atoms with E-state index in [1.54, 1.807) is 50.3 Å². The molecule has 0 unspecified atom stereocenters. The lowest BCUT2D eigenvalue weighted by molar-refractivity contribution is -0.159. The molecule has 5 atom stereocenters. The first kappa shape index (κ1) is 37.3. The molecular formula is C35H42BrN5O8. The molecule has 3 amide bonds. The van der Waals surface area contributed by atoms with Gasteiger partial charge in [0.25, 0.3) is 5.91 Å². The molecule has 0 aromatic carbocycles. The average Bonchev–Trinajstić information content (AvgIpc) is 3.73. The molecule has 2 aliphatic heterocycles. The molecule has 1 saturated heterocycles. The maximum atomic E-state index is 13.7. The van der Waals surface area contributed by atoms with Crippen molar-refractivity contribution in [3.05, 3.63) is 88.9 Å². The zero-order chi connectivity index (χ0) is 35.5. The molecule has 4 heterocycles.